The van der Waals surface area contributed by atoms with Crippen molar-refractivity contribution in [3.8, 4) is 0 Å². The van der Waals surface area contributed by atoms with Gasteiger partial charge in [0.1, 0.15) is 19.8 Å². The molecule has 0 bridgehead atoms. The minimum Gasteiger partial charge on any atom is -0.756 e. The first-order valence-corrected chi connectivity index (χ1v) is 36.0. The Morgan fingerprint density at radius 1 is 0.395 bits per heavy atom. The number of esters is 2. The number of quaternary nitrogens is 1. The number of likely N-dealkylation sites (N-methyl/N-ethyl adjacent to an activating group) is 1. The molecule has 0 heterocycles. The van der Waals surface area contributed by atoms with Gasteiger partial charge in [-0.25, -0.2) is 0 Å². The molecule has 0 aliphatic rings. The smallest absolute Gasteiger partial charge is 0.306 e. The normalized spacial score (nSPS) is 13.5. The maximum atomic E-state index is 12.9. The third-order valence-electron chi connectivity index (χ3n) is 15.3. The van der Waals surface area contributed by atoms with Crippen LogP contribution in [0.15, 0.2) is 60.8 Å². The van der Waals surface area contributed by atoms with Crippen LogP contribution in [0, 0.1) is 0 Å². The van der Waals surface area contributed by atoms with Gasteiger partial charge in [-0.2, -0.15) is 0 Å². The minimum atomic E-state index is -4.64. The number of carbonyl (C=O) groups excluding carboxylic acids is 2. The summed E-state index contributed by atoms with van der Waals surface area (Å²) in [6.07, 6.45) is 81.6. The molecule has 81 heavy (non-hydrogen) atoms. The maximum absolute atomic E-state index is 12.9. The second kappa shape index (κ2) is 62.2. The van der Waals surface area contributed by atoms with Crippen molar-refractivity contribution in [2.24, 2.45) is 0 Å². The summed E-state index contributed by atoms with van der Waals surface area (Å²) < 4.78 is 34.3. The lowest BCUT2D eigenvalue weighted by Gasteiger charge is -2.28. The van der Waals surface area contributed by atoms with E-state index >= 15 is 0 Å². The van der Waals surface area contributed by atoms with Crippen LogP contribution >= 0.6 is 7.82 Å². The maximum Gasteiger partial charge on any atom is 0.306 e. The highest BCUT2D eigenvalue weighted by atomic mass is 31.2. The molecule has 0 fully saturated rings. The average molecular weight is 1160 g/mol. The van der Waals surface area contributed by atoms with Crippen LogP contribution in [0.5, 0.6) is 0 Å². The predicted molar refractivity (Wildman–Crippen MR) is 347 cm³/mol. The van der Waals surface area contributed by atoms with Crippen LogP contribution in [-0.2, 0) is 32.7 Å². The second-order valence-electron chi connectivity index (χ2n) is 24.5. The number of allylic oxidation sites excluding steroid dienone is 10. The van der Waals surface area contributed by atoms with Gasteiger partial charge < -0.3 is 27.9 Å². The van der Waals surface area contributed by atoms with Gasteiger partial charge in [-0.1, -0.05) is 319 Å². The Morgan fingerprint density at radius 2 is 0.704 bits per heavy atom. The van der Waals surface area contributed by atoms with Crippen molar-refractivity contribution in [3.63, 3.8) is 0 Å². The fourth-order valence-electron chi connectivity index (χ4n) is 10.0. The van der Waals surface area contributed by atoms with E-state index in [0.29, 0.717) is 17.4 Å². The molecule has 0 spiro atoms. The Morgan fingerprint density at radius 3 is 1.05 bits per heavy atom. The van der Waals surface area contributed by atoms with Crippen LogP contribution in [0.3, 0.4) is 0 Å². The third-order valence-corrected chi connectivity index (χ3v) is 16.3. The van der Waals surface area contributed by atoms with Crippen molar-refractivity contribution >= 4 is 19.8 Å². The van der Waals surface area contributed by atoms with E-state index in [9.17, 15) is 19.0 Å². The van der Waals surface area contributed by atoms with Crippen LogP contribution in [0.25, 0.3) is 0 Å². The molecule has 0 aliphatic heterocycles. The number of carbonyl (C=O) groups is 2. The van der Waals surface area contributed by atoms with Crippen LogP contribution < -0.4 is 4.89 Å². The van der Waals surface area contributed by atoms with Gasteiger partial charge in [0.15, 0.2) is 6.10 Å². The molecule has 0 aromatic rings. The van der Waals surface area contributed by atoms with E-state index in [-0.39, 0.29) is 32.0 Å². The van der Waals surface area contributed by atoms with E-state index in [0.717, 1.165) is 64.2 Å². The van der Waals surface area contributed by atoms with E-state index in [1.54, 1.807) is 0 Å². The number of hydrogen-bond acceptors (Lipinski definition) is 8. The molecule has 0 saturated heterocycles. The lowest BCUT2D eigenvalue weighted by molar-refractivity contribution is -0.870. The van der Waals surface area contributed by atoms with Gasteiger partial charge in [-0.3, -0.25) is 14.2 Å². The van der Waals surface area contributed by atoms with Crippen LogP contribution in [0.1, 0.15) is 328 Å². The molecule has 474 valence electrons. The Labute approximate surface area is 502 Å². The van der Waals surface area contributed by atoms with E-state index < -0.39 is 26.5 Å². The number of ether oxygens (including phenoxy) is 2. The highest BCUT2D eigenvalue weighted by molar-refractivity contribution is 7.45. The monoisotopic (exact) mass is 1160 g/mol. The Kier molecular flexibility index (Phi) is 60.5. The standard InChI is InChI=1S/C71H132NO8P/c1-6-8-10-12-14-16-18-20-22-24-26-28-29-30-31-32-33-34-35-36-37-38-39-40-41-42-43-44-46-48-50-52-54-56-58-60-62-64-71(74)80-69(68-79-81(75,76)78-66-65-72(3,4)5)67-77-70(73)63-61-59-57-55-53-51-49-47-45-27-25-23-21-19-17-15-13-11-9-7-2/h8,10,14,16,20,22,26,28,30-31,69H,6-7,9,11-13,15,17-19,21,23-25,27,29,32-68H2,1-5H3/b10-8-,16-14-,22-20-,28-26-,31-30-. The molecule has 10 heteroatoms. The molecule has 0 aromatic heterocycles. The SMILES string of the molecule is CC/C=C\C/C=C\C/C=C\C/C=C\C/C=C\CCCCCCCCCCCCCCCCCCCCCCCC(=O)OC(COC(=O)CCCCCCCCCCCCCCCCCCCCCC)COP(=O)([O-])OCC[N+](C)(C)C. The van der Waals surface area contributed by atoms with Gasteiger partial charge in [0.05, 0.1) is 27.7 Å². The summed E-state index contributed by atoms with van der Waals surface area (Å²) in [5.74, 6) is -0.813. The summed E-state index contributed by atoms with van der Waals surface area (Å²) in [6, 6.07) is 0. The summed E-state index contributed by atoms with van der Waals surface area (Å²) in [5, 5.41) is 0. The fraction of sp³-hybridized carbons (Fsp3) is 0.831. The summed E-state index contributed by atoms with van der Waals surface area (Å²) in [5.41, 5.74) is 0. The zero-order valence-electron chi connectivity index (χ0n) is 54.0. The van der Waals surface area contributed by atoms with E-state index in [4.69, 9.17) is 18.5 Å². The van der Waals surface area contributed by atoms with Gasteiger partial charge in [0.2, 0.25) is 0 Å². The lowest BCUT2D eigenvalue weighted by Crippen LogP contribution is -2.37. The van der Waals surface area contributed by atoms with Gasteiger partial charge in [-0.15, -0.1) is 0 Å². The zero-order chi connectivity index (χ0) is 59.1. The summed E-state index contributed by atoms with van der Waals surface area (Å²) in [4.78, 5) is 38.0. The molecular formula is C71H132NO8P. The van der Waals surface area contributed by atoms with Gasteiger partial charge in [-0.05, 0) is 57.8 Å². The molecule has 0 radical (unpaired) electrons. The Bertz CT molecular complexity index is 1550. The fourth-order valence-corrected chi connectivity index (χ4v) is 10.8. The molecule has 0 aromatic carbocycles. The lowest BCUT2D eigenvalue weighted by atomic mass is 10.0. The van der Waals surface area contributed by atoms with E-state index in [1.165, 1.54) is 231 Å². The molecule has 2 atom stereocenters. The molecule has 0 saturated carbocycles. The molecule has 0 amide bonds. The number of hydrogen-bond donors (Lipinski definition) is 0. The molecular weight excluding hydrogens is 1030 g/mol. The van der Waals surface area contributed by atoms with Gasteiger partial charge in [0.25, 0.3) is 7.82 Å². The van der Waals surface area contributed by atoms with E-state index in [1.807, 2.05) is 21.1 Å². The zero-order valence-corrected chi connectivity index (χ0v) is 54.9. The molecule has 2 unspecified atom stereocenters. The first-order valence-electron chi connectivity index (χ1n) is 34.5. The predicted octanol–water partition coefficient (Wildman–Crippen LogP) is 21.6. The van der Waals surface area contributed by atoms with Crippen LogP contribution in [-0.4, -0.2) is 70.0 Å². The van der Waals surface area contributed by atoms with Crippen molar-refractivity contribution in [3.05, 3.63) is 60.8 Å². The first kappa shape index (κ1) is 78.7. The van der Waals surface area contributed by atoms with Crippen molar-refractivity contribution in [2.75, 3.05) is 47.5 Å². The van der Waals surface area contributed by atoms with Crippen molar-refractivity contribution in [1.82, 2.24) is 0 Å². The number of rotatable bonds is 64. The van der Waals surface area contributed by atoms with E-state index in [2.05, 4.69) is 74.6 Å². The Hall–Kier alpha value is -2.29. The van der Waals surface area contributed by atoms with Crippen LogP contribution in [0.4, 0.5) is 0 Å². The summed E-state index contributed by atoms with van der Waals surface area (Å²) in [6.45, 7) is 4.18. The molecule has 0 aliphatic carbocycles. The van der Waals surface area contributed by atoms with Gasteiger partial charge in [0, 0.05) is 12.8 Å². The molecule has 0 N–H and O–H groups in total. The average Bonchev–Trinajstić information content (AvgIpc) is 3.43. The summed E-state index contributed by atoms with van der Waals surface area (Å²) >= 11 is 0. The van der Waals surface area contributed by atoms with Crippen molar-refractivity contribution in [1.29, 1.82) is 0 Å². The highest BCUT2D eigenvalue weighted by Gasteiger charge is 2.22. The van der Waals surface area contributed by atoms with Crippen LogP contribution in [0.2, 0.25) is 0 Å². The second-order valence-corrected chi connectivity index (χ2v) is 25.9. The largest absolute Gasteiger partial charge is 0.756 e. The molecule has 0 rings (SSSR count). The number of phosphoric ester groups is 1. The third kappa shape index (κ3) is 66.7. The number of nitrogens with zero attached hydrogens (tertiary/aromatic N) is 1. The van der Waals surface area contributed by atoms with Crippen molar-refractivity contribution in [2.45, 2.75) is 335 Å². The quantitative estimate of drug-likeness (QED) is 0.0195. The minimum absolute atomic E-state index is 0.0283. The summed E-state index contributed by atoms with van der Waals surface area (Å²) in [7, 11) is 1.18. The highest BCUT2D eigenvalue weighted by Crippen LogP contribution is 2.38. The Balaban J connectivity index is 3.96. The topological polar surface area (TPSA) is 111 Å². The first-order chi connectivity index (χ1) is 39.5. The van der Waals surface area contributed by atoms with Crippen molar-refractivity contribution < 1.29 is 42.1 Å². The van der Waals surface area contributed by atoms with Gasteiger partial charge >= 0.3 is 11.9 Å². The molecule has 9 nitrogen and oxygen atoms in total. The number of unbranched alkanes of at least 4 members (excludes halogenated alkanes) is 40. The number of phosphoric acid groups is 1.